The summed E-state index contributed by atoms with van der Waals surface area (Å²) in [5.41, 5.74) is 1.60. The number of ether oxygens (including phenoxy) is 1. The second kappa shape index (κ2) is 8.15. The van der Waals surface area contributed by atoms with Crippen LogP contribution in [0.2, 0.25) is 5.02 Å². The fourth-order valence-corrected chi connectivity index (χ4v) is 2.04. The van der Waals surface area contributed by atoms with Gasteiger partial charge < -0.3 is 10.1 Å². The van der Waals surface area contributed by atoms with Gasteiger partial charge in [-0.15, -0.1) is 0 Å². The van der Waals surface area contributed by atoms with Gasteiger partial charge in [0.25, 0.3) is 0 Å². The Hall–Kier alpha value is -2.59. The molecule has 0 atom stereocenters. The number of hydrogen-bond donors (Lipinski definition) is 1. The summed E-state index contributed by atoms with van der Waals surface area (Å²) in [6.07, 6.45) is 3.10. The van der Waals surface area contributed by atoms with Crippen LogP contribution in [0.3, 0.4) is 0 Å². The maximum absolute atomic E-state index is 12.0. The van der Waals surface area contributed by atoms with Crippen molar-refractivity contribution in [3.8, 4) is 0 Å². The van der Waals surface area contributed by atoms with Gasteiger partial charge in [-0.3, -0.25) is 4.79 Å². The molecule has 0 fully saturated rings. The van der Waals surface area contributed by atoms with Gasteiger partial charge in [-0.05, 0) is 36.8 Å². The first-order valence-electron chi connectivity index (χ1n) is 7.11. The van der Waals surface area contributed by atoms with Crippen molar-refractivity contribution in [1.29, 1.82) is 0 Å². The molecule has 1 amide bonds. The van der Waals surface area contributed by atoms with Crippen molar-refractivity contribution in [3.63, 3.8) is 0 Å². The second-order valence-electron chi connectivity index (χ2n) is 4.65. The van der Waals surface area contributed by atoms with Crippen LogP contribution in [-0.4, -0.2) is 18.5 Å². The summed E-state index contributed by atoms with van der Waals surface area (Å²) in [7, 11) is 0. The van der Waals surface area contributed by atoms with Gasteiger partial charge in [0.2, 0.25) is 5.91 Å². The zero-order chi connectivity index (χ0) is 16.7. The quantitative estimate of drug-likeness (QED) is 0.661. The van der Waals surface area contributed by atoms with Crippen LogP contribution in [0, 0.1) is 0 Å². The lowest BCUT2D eigenvalue weighted by Gasteiger charge is -2.08. The fourth-order valence-electron chi connectivity index (χ4n) is 1.87. The molecule has 0 spiro atoms. The van der Waals surface area contributed by atoms with Gasteiger partial charge in [-0.1, -0.05) is 41.9 Å². The Labute approximate surface area is 139 Å². The monoisotopic (exact) mass is 329 g/mol. The summed E-state index contributed by atoms with van der Waals surface area (Å²) < 4.78 is 4.92. The van der Waals surface area contributed by atoms with Crippen LogP contribution in [0.5, 0.6) is 0 Å². The molecule has 2 aromatic carbocycles. The number of carbonyl (C=O) groups excluding carboxylic acids is 2. The van der Waals surface area contributed by atoms with Crippen molar-refractivity contribution in [2.45, 2.75) is 6.92 Å². The van der Waals surface area contributed by atoms with Gasteiger partial charge in [0.05, 0.1) is 22.9 Å². The van der Waals surface area contributed by atoms with E-state index in [1.807, 2.05) is 30.3 Å². The summed E-state index contributed by atoms with van der Waals surface area (Å²) in [6, 6.07) is 14.0. The van der Waals surface area contributed by atoms with Crippen LogP contribution in [-0.2, 0) is 9.53 Å². The van der Waals surface area contributed by atoms with Gasteiger partial charge in [0, 0.05) is 6.08 Å². The Bertz CT molecular complexity index is 726. The molecule has 0 radical (unpaired) electrons. The number of nitrogens with one attached hydrogen (secondary N) is 1. The van der Waals surface area contributed by atoms with Gasteiger partial charge in [-0.2, -0.15) is 0 Å². The van der Waals surface area contributed by atoms with Crippen LogP contribution in [0.15, 0.2) is 54.6 Å². The number of hydrogen-bond acceptors (Lipinski definition) is 3. The zero-order valence-electron chi connectivity index (χ0n) is 12.6. The molecule has 118 valence electrons. The molecule has 0 bridgehead atoms. The van der Waals surface area contributed by atoms with Crippen molar-refractivity contribution in [1.82, 2.24) is 0 Å². The van der Waals surface area contributed by atoms with Crippen molar-refractivity contribution in [2.24, 2.45) is 0 Å². The van der Waals surface area contributed by atoms with Crippen LogP contribution in [0.25, 0.3) is 6.08 Å². The zero-order valence-corrected chi connectivity index (χ0v) is 13.3. The van der Waals surface area contributed by atoms with Crippen molar-refractivity contribution in [3.05, 3.63) is 70.8 Å². The standard InChI is InChI=1S/C18H16ClNO3/c1-2-23-18(22)14-9-10-15(19)16(12-14)20-17(21)11-8-13-6-4-3-5-7-13/h3-12H,2H2,1H3,(H,20,21)/b11-8+. The van der Waals surface area contributed by atoms with Crippen LogP contribution in [0.1, 0.15) is 22.8 Å². The van der Waals surface area contributed by atoms with Gasteiger partial charge in [0.15, 0.2) is 0 Å². The highest BCUT2D eigenvalue weighted by Crippen LogP contribution is 2.23. The first-order valence-corrected chi connectivity index (χ1v) is 7.48. The van der Waals surface area contributed by atoms with Gasteiger partial charge in [-0.25, -0.2) is 4.79 Å². The minimum absolute atomic E-state index is 0.281. The summed E-state index contributed by atoms with van der Waals surface area (Å²) in [6.45, 7) is 2.01. The number of benzene rings is 2. The Morgan fingerprint density at radius 3 is 2.61 bits per heavy atom. The van der Waals surface area contributed by atoms with E-state index in [0.717, 1.165) is 5.56 Å². The molecule has 23 heavy (non-hydrogen) atoms. The van der Waals surface area contributed by atoms with E-state index in [-0.39, 0.29) is 12.5 Å². The van der Waals surface area contributed by atoms with Crippen molar-refractivity contribution < 1.29 is 14.3 Å². The first kappa shape index (κ1) is 16.8. The van der Waals surface area contributed by atoms with Gasteiger partial charge in [0.1, 0.15) is 0 Å². The van der Waals surface area contributed by atoms with E-state index in [1.54, 1.807) is 25.1 Å². The average Bonchev–Trinajstić information content (AvgIpc) is 2.56. The minimum Gasteiger partial charge on any atom is -0.462 e. The molecular weight excluding hydrogens is 314 g/mol. The number of amides is 1. The Morgan fingerprint density at radius 2 is 1.91 bits per heavy atom. The Balaban J connectivity index is 2.09. The maximum Gasteiger partial charge on any atom is 0.338 e. The molecule has 0 aromatic heterocycles. The third kappa shape index (κ3) is 4.97. The van der Waals surface area contributed by atoms with E-state index in [0.29, 0.717) is 16.3 Å². The van der Waals surface area contributed by atoms with E-state index in [9.17, 15) is 9.59 Å². The molecule has 4 nitrogen and oxygen atoms in total. The highest BCUT2D eigenvalue weighted by molar-refractivity contribution is 6.34. The lowest BCUT2D eigenvalue weighted by atomic mass is 10.2. The molecule has 2 aromatic rings. The smallest absolute Gasteiger partial charge is 0.338 e. The Kier molecular flexibility index (Phi) is 5.94. The SMILES string of the molecule is CCOC(=O)c1ccc(Cl)c(NC(=O)/C=C/c2ccccc2)c1. The van der Waals surface area contributed by atoms with E-state index < -0.39 is 5.97 Å². The van der Waals surface area contributed by atoms with E-state index in [2.05, 4.69) is 5.32 Å². The molecule has 0 aliphatic rings. The number of rotatable bonds is 5. The third-order valence-corrected chi connectivity index (χ3v) is 3.29. The predicted molar refractivity (Wildman–Crippen MR) is 91.5 cm³/mol. The predicted octanol–water partition coefficient (Wildman–Crippen LogP) is 4.17. The number of anilines is 1. The molecule has 0 saturated heterocycles. The molecule has 0 aliphatic carbocycles. The third-order valence-electron chi connectivity index (χ3n) is 2.96. The molecule has 0 aliphatic heterocycles. The van der Waals surface area contributed by atoms with Gasteiger partial charge >= 0.3 is 5.97 Å². The van der Waals surface area contributed by atoms with E-state index in [1.165, 1.54) is 12.1 Å². The van der Waals surface area contributed by atoms with Crippen LogP contribution in [0.4, 0.5) is 5.69 Å². The molecule has 2 rings (SSSR count). The average molecular weight is 330 g/mol. The topological polar surface area (TPSA) is 55.4 Å². The van der Waals surface area contributed by atoms with Crippen molar-refractivity contribution >= 4 is 35.2 Å². The second-order valence-corrected chi connectivity index (χ2v) is 5.06. The van der Waals surface area contributed by atoms with E-state index in [4.69, 9.17) is 16.3 Å². The number of carbonyl (C=O) groups is 2. The molecule has 0 unspecified atom stereocenters. The normalized spacial score (nSPS) is 10.5. The van der Waals surface area contributed by atoms with E-state index >= 15 is 0 Å². The maximum atomic E-state index is 12.0. The molecular formula is C18H16ClNO3. The summed E-state index contributed by atoms with van der Waals surface area (Å²) in [5.74, 6) is -0.795. The summed E-state index contributed by atoms with van der Waals surface area (Å²) >= 11 is 6.05. The number of halogens is 1. The summed E-state index contributed by atoms with van der Waals surface area (Å²) in [5, 5.41) is 3.00. The molecule has 0 heterocycles. The largest absolute Gasteiger partial charge is 0.462 e. The Morgan fingerprint density at radius 1 is 1.17 bits per heavy atom. The summed E-state index contributed by atoms with van der Waals surface area (Å²) in [4.78, 5) is 23.7. The molecule has 1 N–H and O–H groups in total. The first-order chi connectivity index (χ1) is 11.1. The minimum atomic E-state index is -0.459. The highest BCUT2D eigenvalue weighted by atomic mass is 35.5. The van der Waals surface area contributed by atoms with Crippen LogP contribution >= 0.6 is 11.6 Å². The molecule has 0 saturated carbocycles. The van der Waals surface area contributed by atoms with Crippen LogP contribution < -0.4 is 5.32 Å². The number of esters is 1. The fraction of sp³-hybridized carbons (Fsp3) is 0.111. The molecule has 5 heteroatoms. The van der Waals surface area contributed by atoms with Crippen molar-refractivity contribution in [2.75, 3.05) is 11.9 Å². The lowest BCUT2D eigenvalue weighted by Crippen LogP contribution is -2.10. The lowest BCUT2D eigenvalue weighted by molar-refractivity contribution is -0.111. The highest BCUT2D eigenvalue weighted by Gasteiger charge is 2.10.